The Kier molecular flexibility index (Phi) is 4.68. The monoisotopic (exact) mass is 239 g/mol. The van der Waals surface area contributed by atoms with Crippen molar-refractivity contribution in [2.45, 2.75) is 26.8 Å². The molecular formula is C11H17N3O3. The average Bonchev–Trinajstić information content (AvgIpc) is 2.72. The zero-order chi connectivity index (χ0) is 12.8. The van der Waals surface area contributed by atoms with Crippen LogP contribution in [-0.2, 0) is 11.3 Å². The molecule has 1 rings (SSSR count). The van der Waals surface area contributed by atoms with Crippen LogP contribution in [0.5, 0.6) is 0 Å². The van der Waals surface area contributed by atoms with Crippen LogP contribution in [-0.4, -0.2) is 33.3 Å². The predicted molar refractivity (Wildman–Crippen MR) is 61.7 cm³/mol. The summed E-state index contributed by atoms with van der Waals surface area (Å²) in [6, 6.07) is 1.41. The molecule has 0 aliphatic heterocycles. The van der Waals surface area contributed by atoms with Crippen molar-refractivity contribution in [2.24, 2.45) is 5.92 Å². The highest BCUT2D eigenvalue weighted by molar-refractivity contribution is 5.85. The maximum atomic E-state index is 11.4. The highest BCUT2D eigenvalue weighted by Crippen LogP contribution is 1.97. The van der Waals surface area contributed by atoms with Crippen molar-refractivity contribution in [2.75, 3.05) is 6.54 Å². The van der Waals surface area contributed by atoms with Crippen LogP contribution in [0.2, 0.25) is 0 Å². The first-order chi connectivity index (χ1) is 7.99. The molecule has 1 heterocycles. The average molecular weight is 239 g/mol. The summed E-state index contributed by atoms with van der Waals surface area (Å²) in [6.45, 7) is 5.08. The molecule has 0 aliphatic rings. The molecule has 0 spiro atoms. The molecule has 0 saturated carbocycles. The number of nitrogens with zero attached hydrogens (tertiary/aromatic N) is 2. The van der Waals surface area contributed by atoms with Gasteiger partial charge in [-0.1, -0.05) is 13.8 Å². The molecule has 0 fully saturated rings. The highest BCUT2D eigenvalue weighted by atomic mass is 16.4. The van der Waals surface area contributed by atoms with Crippen LogP contribution in [0.3, 0.4) is 0 Å². The Hall–Kier alpha value is -1.85. The summed E-state index contributed by atoms with van der Waals surface area (Å²) in [5, 5.41) is 15.3. The topological polar surface area (TPSA) is 84.2 Å². The SMILES string of the molecule is CC(C)CNC(=O)CCn1ccc(C(=O)O)n1. The Bertz CT molecular complexity index is 398. The molecule has 6 nitrogen and oxygen atoms in total. The van der Waals surface area contributed by atoms with E-state index in [0.29, 0.717) is 25.4 Å². The number of hydrogen-bond donors (Lipinski definition) is 2. The number of carboxylic acids is 1. The molecular weight excluding hydrogens is 222 g/mol. The third-order valence-electron chi connectivity index (χ3n) is 2.14. The van der Waals surface area contributed by atoms with E-state index < -0.39 is 5.97 Å². The van der Waals surface area contributed by atoms with Crippen LogP contribution in [0.1, 0.15) is 30.8 Å². The molecule has 1 amide bonds. The number of aryl methyl sites for hydroxylation is 1. The minimum atomic E-state index is -1.06. The zero-order valence-electron chi connectivity index (χ0n) is 10.0. The van der Waals surface area contributed by atoms with Crippen LogP contribution >= 0.6 is 0 Å². The number of amides is 1. The van der Waals surface area contributed by atoms with Gasteiger partial charge in [0.2, 0.25) is 5.91 Å². The van der Waals surface area contributed by atoms with Crippen molar-refractivity contribution in [1.82, 2.24) is 15.1 Å². The lowest BCUT2D eigenvalue weighted by atomic mass is 10.2. The molecule has 0 aliphatic carbocycles. The number of carboxylic acid groups (broad SMARTS) is 1. The van der Waals surface area contributed by atoms with Gasteiger partial charge in [-0.3, -0.25) is 9.48 Å². The molecule has 17 heavy (non-hydrogen) atoms. The summed E-state index contributed by atoms with van der Waals surface area (Å²) < 4.78 is 1.46. The van der Waals surface area contributed by atoms with Gasteiger partial charge in [0.05, 0.1) is 0 Å². The lowest BCUT2D eigenvalue weighted by Crippen LogP contribution is -2.28. The molecule has 0 bridgehead atoms. The van der Waals surface area contributed by atoms with Gasteiger partial charge < -0.3 is 10.4 Å². The first-order valence-electron chi connectivity index (χ1n) is 5.52. The molecule has 94 valence electrons. The van der Waals surface area contributed by atoms with Crippen molar-refractivity contribution in [3.63, 3.8) is 0 Å². The summed E-state index contributed by atoms with van der Waals surface area (Å²) in [6.07, 6.45) is 1.85. The summed E-state index contributed by atoms with van der Waals surface area (Å²) in [5.74, 6) is -0.693. The second kappa shape index (κ2) is 6.03. The van der Waals surface area contributed by atoms with Crippen molar-refractivity contribution >= 4 is 11.9 Å². The lowest BCUT2D eigenvalue weighted by molar-refractivity contribution is -0.121. The van der Waals surface area contributed by atoms with Gasteiger partial charge in [-0.25, -0.2) is 4.79 Å². The second-order valence-corrected chi connectivity index (χ2v) is 4.22. The summed E-state index contributed by atoms with van der Waals surface area (Å²) in [4.78, 5) is 22.0. The molecule has 2 N–H and O–H groups in total. The fraction of sp³-hybridized carbons (Fsp3) is 0.545. The van der Waals surface area contributed by atoms with Gasteiger partial charge in [-0.05, 0) is 12.0 Å². The minimum absolute atomic E-state index is 0.00686. The fourth-order valence-electron chi connectivity index (χ4n) is 1.22. The van der Waals surface area contributed by atoms with E-state index in [0.717, 1.165) is 0 Å². The van der Waals surface area contributed by atoms with E-state index in [1.165, 1.54) is 10.7 Å². The second-order valence-electron chi connectivity index (χ2n) is 4.22. The Labute approximate surface area is 99.6 Å². The van der Waals surface area contributed by atoms with Crippen LogP contribution in [0.15, 0.2) is 12.3 Å². The smallest absolute Gasteiger partial charge is 0.356 e. The molecule has 1 aromatic heterocycles. The maximum absolute atomic E-state index is 11.4. The number of hydrogen-bond acceptors (Lipinski definition) is 3. The molecule has 1 aromatic rings. The van der Waals surface area contributed by atoms with Gasteiger partial charge in [0.15, 0.2) is 5.69 Å². The quantitative estimate of drug-likeness (QED) is 0.767. The normalized spacial score (nSPS) is 10.5. The Morgan fingerprint density at radius 3 is 2.76 bits per heavy atom. The van der Waals surface area contributed by atoms with Gasteiger partial charge in [0.1, 0.15) is 0 Å². The van der Waals surface area contributed by atoms with Crippen molar-refractivity contribution in [3.8, 4) is 0 Å². The molecule has 0 unspecified atom stereocenters. The molecule has 6 heteroatoms. The first kappa shape index (κ1) is 13.2. The Balaban J connectivity index is 2.34. The van der Waals surface area contributed by atoms with E-state index in [1.54, 1.807) is 6.20 Å². The zero-order valence-corrected chi connectivity index (χ0v) is 10.0. The molecule has 0 radical (unpaired) electrons. The standard InChI is InChI=1S/C11H17N3O3/c1-8(2)7-12-10(15)4-6-14-5-3-9(13-14)11(16)17/h3,5,8H,4,6-7H2,1-2H3,(H,12,15)(H,16,17). The molecule has 0 atom stereocenters. The van der Waals surface area contributed by atoms with Crippen LogP contribution in [0, 0.1) is 5.92 Å². The van der Waals surface area contributed by atoms with E-state index in [-0.39, 0.29) is 11.6 Å². The van der Waals surface area contributed by atoms with E-state index in [9.17, 15) is 9.59 Å². The number of nitrogens with one attached hydrogen (secondary N) is 1. The lowest BCUT2D eigenvalue weighted by Gasteiger charge is -2.07. The van der Waals surface area contributed by atoms with E-state index in [2.05, 4.69) is 10.4 Å². The van der Waals surface area contributed by atoms with Crippen molar-refractivity contribution in [1.29, 1.82) is 0 Å². The van der Waals surface area contributed by atoms with Gasteiger partial charge in [0.25, 0.3) is 0 Å². The number of carbonyl (C=O) groups is 2. The first-order valence-corrected chi connectivity index (χ1v) is 5.52. The summed E-state index contributed by atoms with van der Waals surface area (Å²) in [5.41, 5.74) is -0.00686. The van der Waals surface area contributed by atoms with E-state index >= 15 is 0 Å². The van der Waals surface area contributed by atoms with Gasteiger partial charge in [0, 0.05) is 25.7 Å². The van der Waals surface area contributed by atoms with Gasteiger partial charge in [-0.2, -0.15) is 5.10 Å². The van der Waals surface area contributed by atoms with Crippen molar-refractivity contribution < 1.29 is 14.7 Å². The van der Waals surface area contributed by atoms with Crippen LogP contribution in [0.4, 0.5) is 0 Å². The highest BCUT2D eigenvalue weighted by Gasteiger charge is 2.07. The number of aromatic carboxylic acids is 1. The fourth-order valence-corrected chi connectivity index (χ4v) is 1.22. The van der Waals surface area contributed by atoms with Crippen molar-refractivity contribution in [3.05, 3.63) is 18.0 Å². The van der Waals surface area contributed by atoms with E-state index in [4.69, 9.17) is 5.11 Å². The van der Waals surface area contributed by atoms with E-state index in [1.807, 2.05) is 13.8 Å². The largest absolute Gasteiger partial charge is 0.476 e. The number of aromatic nitrogens is 2. The van der Waals surface area contributed by atoms with Crippen LogP contribution < -0.4 is 5.32 Å². The predicted octanol–water partition coefficient (Wildman–Crippen LogP) is 0.744. The summed E-state index contributed by atoms with van der Waals surface area (Å²) >= 11 is 0. The van der Waals surface area contributed by atoms with Crippen LogP contribution in [0.25, 0.3) is 0 Å². The Morgan fingerprint density at radius 2 is 2.24 bits per heavy atom. The number of rotatable bonds is 6. The maximum Gasteiger partial charge on any atom is 0.356 e. The minimum Gasteiger partial charge on any atom is -0.476 e. The van der Waals surface area contributed by atoms with Gasteiger partial charge in [-0.15, -0.1) is 0 Å². The Morgan fingerprint density at radius 1 is 1.53 bits per heavy atom. The number of carbonyl (C=O) groups excluding carboxylic acids is 1. The molecule has 0 aromatic carbocycles. The third-order valence-corrected chi connectivity index (χ3v) is 2.14. The third kappa shape index (κ3) is 4.67. The molecule has 0 saturated heterocycles. The van der Waals surface area contributed by atoms with Gasteiger partial charge >= 0.3 is 5.97 Å². The summed E-state index contributed by atoms with van der Waals surface area (Å²) in [7, 11) is 0.